The molecule has 0 saturated carbocycles. The van der Waals surface area contributed by atoms with Crippen LogP contribution in [0.25, 0.3) is 22.3 Å². The SMILES string of the molecule is CN1C[C@H](c2ccccc2F)C(C#N)(C#N)[C@]12c1ccccc1-c1nc3ccccc3nc12. The molecule has 0 unspecified atom stereocenters. The molecule has 158 valence electrons. The summed E-state index contributed by atoms with van der Waals surface area (Å²) in [6, 6.07) is 26.4. The Morgan fingerprint density at radius 2 is 1.55 bits per heavy atom. The number of benzene rings is 3. The lowest BCUT2D eigenvalue weighted by atomic mass is 9.62. The van der Waals surface area contributed by atoms with Crippen molar-refractivity contribution in [1.82, 2.24) is 14.9 Å². The molecule has 3 aromatic carbocycles. The monoisotopic (exact) mass is 431 g/mol. The molecule has 0 N–H and O–H groups in total. The molecular formula is C27H18FN5. The van der Waals surface area contributed by atoms with Crippen molar-refractivity contribution < 1.29 is 4.39 Å². The van der Waals surface area contributed by atoms with E-state index in [1.807, 2.05) is 60.5 Å². The molecule has 2 aliphatic rings. The minimum Gasteiger partial charge on any atom is -0.289 e. The van der Waals surface area contributed by atoms with Crippen LogP contribution >= 0.6 is 0 Å². The Labute approximate surface area is 190 Å². The van der Waals surface area contributed by atoms with Gasteiger partial charge in [0.1, 0.15) is 11.4 Å². The number of nitriles is 2. The number of aromatic nitrogens is 2. The van der Waals surface area contributed by atoms with Crippen LogP contribution < -0.4 is 0 Å². The van der Waals surface area contributed by atoms with E-state index in [-0.39, 0.29) is 0 Å². The van der Waals surface area contributed by atoms with Gasteiger partial charge >= 0.3 is 0 Å². The smallest absolute Gasteiger partial charge is 0.179 e. The van der Waals surface area contributed by atoms with E-state index in [2.05, 4.69) is 12.1 Å². The first-order valence-corrected chi connectivity index (χ1v) is 10.7. The van der Waals surface area contributed by atoms with E-state index in [0.29, 0.717) is 29.0 Å². The Morgan fingerprint density at radius 1 is 0.909 bits per heavy atom. The summed E-state index contributed by atoms with van der Waals surface area (Å²) in [5, 5.41) is 21.4. The molecular weight excluding hydrogens is 413 g/mol. The number of para-hydroxylation sites is 2. The van der Waals surface area contributed by atoms with Crippen LogP contribution in [-0.4, -0.2) is 28.5 Å². The van der Waals surface area contributed by atoms with E-state index < -0.39 is 22.7 Å². The third-order valence-corrected chi connectivity index (χ3v) is 7.24. The van der Waals surface area contributed by atoms with Gasteiger partial charge in [-0.15, -0.1) is 0 Å². The number of rotatable bonds is 1. The van der Waals surface area contributed by atoms with Crippen molar-refractivity contribution in [1.29, 1.82) is 10.5 Å². The van der Waals surface area contributed by atoms with E-state index in [1.165, 1.54) is 6.07 Å². The highest BCUT2D eigenvalue weighted by atomic mass is 19.1. The normalized spacial score (nSPS) is 22.6. The summed E-state index contributed by atoms with van der Waals surface area (Å²) in [5.74, 6) is -1.09. The predicted molar refractivity (Wildman–Crippen MR) is 121 cm³/mol. The first-order valence-electron chi connectivity index (χ1n) is 10.7. The Hall–Kier alpha value is -4.13. The average Bonchev–Trinajstić information content (AvgIpc) is 3.29. The van der Waals surface area contributed by atoms with Gasteiger partial charge in [-0.3, -0.25) is 4.90 Å². The van der Waals surface area contributed by atoms with Crippen molar-refractivity contribution in [2.45, 2.75) is 11.5 Å². The maximum absolute atomic E-state index is 15.0. The Morgan fingerprint density at radius 3 is 2.27 bits per heavy atom. The van der Waals surface area contributed by atoms with Crippen LogP contribution in [0.1, 0.15) is 22.7 Å². The van der Waals surface area contributed by atoms with Crippen LogP contribution in [0.2, 0.25) is 0 Å². The molecule has 2 heterocycles. The van der Waals surface area contributed by atoms with Gasteiger partial charge in [0.25, 0.3) is 0 Å². The summed E-state index contributed by atoms with van der Waals surface area (Å²) in [5.41, 5.74) is 1.89. The fourth-order valence-electron chi connectivity index (χ4n) is 5.89. The quantitative estimate of drug-likeness (QED) is 0.434. The van der Waals surface area contributed by atoms with Crippen molar-refractivity contribution >= 4 is 11.0 Å². The van der Waals surface area contributed by atoms with Gasteiger partial charge in [-0.05, 0) is 36.4 Å². The second-order valence-electron chi connectivity index (χ2n) is 8.65. The van der Waals surface area contributed by atoms with E-state index >= 15 is 0 Å². The topological polar surface area (TPSA) is 76.6 Å². The number of halogens is 1. The minimum atomic E-state index is -1.62. The predicted octanol–water partition coefficient (Wildman–Crippen LogP) is 4.76. The summed E-state index contributed by atoms with van der Waals surface area (Å²) in [4.78, 5) is 11.9. The molecule has 1 fully saturated rings. The van der Waals surface area contributed by atoms with Crippen molar-refractivity contribution in [2.24, 2.45) is 5.41 Å². The van der Waals surface area contributed by atoms with Crippen molar-refractivity contribution in [3.63, 3.8) is 0 Å². The Bertz CT molecular complexity index is 1520. The third kappa shape index (κ3) is 2.21. The molecule has 1 spiro atoms. The zero-order valence-corrected chi connectivity index (χ0v) is 17.8. The van der Waals surface area contributed by atoms with E-state index in [1.54, 1.807) is 18.2 Å². The summed E-state index contributed by atoms with van der Waals surface area (Å²) in [7, 11) is 1.88. The largest absolute Gasteiger partial charge is 0.289 e. The van der Waals surface area contributed by atoms with Crippen LogP contribution in [-0.2, 0) is 5.54 Å². The van der Waals surface area contributed by atoms with Gasteiger partial charge in [-0.1, -0.05) is 54.6 Å². The molecule has 1 aliphatic carbocycles. The number of fused-ring (bicyclic) bond motifs is 6. The van der Waals surface area contributed by atoms with Gasteiger partial charge in [0.15, 0.2) is 5.41 Å². The summed E-state index contributed by atoms with van der Waals surface area (Å²) < 4.78 is 15.0. The zero-order chi connectivity index (χ0) is 22.8. The van der Waals surface area contributed by atoms with Crippen molar-refractivity contribution in [3.8, 4) is 23.4 Å². The fourth-order valence-corrected chi connectivity index (χ4v) is 5.89. The number of hydrogen-bond acceptors (Lipinski definition) is 5. The van der Waals surface area contributed by atoms with Crippen molar-refractivity contribution in [3.05, 3.63) is 95.4 Å². The van der Waals surface area contributed by atoms with Gasteiger partial charge in [0, 0.05) is 18.0 Å². The highest BCUT2D eigenvalue weighted by Gasteiger charge is 2.71. The van der Waals surface area contributed by atoms with Gasteiger partial charge in [0.2, 0.25) is 0 Å². The fraction of sp³-hybridized carbons (Fsp3) is 0.185. The molecule has 4 aromatic rings. The molecule has 6 heteroatoms. The third-order valence-electron chi connectivity index (χ3n) is 7.24. The maximum atomic E-state index is 15.0. The Balaban J connectivity index is 1.75. The molecule has 1 aromatic heterocycles. The minimum absolute atomic E-state index is 0.324. The lowest BCUT2D eigenvalue weighted by molar-refractivity contribution is 0.165. The first kappa shape index (κ1) is 19.5. The highest BCUT2D eigenvalue weighted by molar-refractivity contribution is 5.85. The molecule has 1 saturated heterocycles. The van der Waals surface area contributed by atoms with E-state index in [4.69, 9.17) is 9.97 Å². The Kier molecular flexibility index (Phi) is 3.96. The molecule has 2 atom stereocenters. The van der Waals surface area contributed by atoms with E-state index in [0.717, 1.165) is 16.6 Å². The van der Waals surface area contributed by atoms with Crippen LogP contribution in [0, 0.1) is 33.9 Å². The molecule has 6 rings (SSSR count). The summed E-state index contributed by atoms with van der Waals surface area (Å²) in [6.07, 6.45) is 0. The van der Waals surface area contributed by atoms with Crippen LogP contribution in [0.4, 0.5) is 4.39 Å². The molecule has 0 radical (unpaired) electrons. The van der Waals surface area contributed by atoms with Gasteiger partial charge in [-0.2, -0.15) is 10.5 Å². The lowest BCUT2D eigenvalue weighted by Gasteiger charge is -2.40. The maximum Gasteiger partial charge on any atom is 0.179 e. The number of nitrogens with zero attached hydrogens (tertiary/aromatic N) is 5. The van der Waals surface area contributed by atoms with Crippen molar-refractivity contribution in [2.75, 3.05) is 13.6 Å². The first-order chi connectivity index (χ1) is 16.1. The number of likely N-dealkylation sites (tertiary alicyclic amines) is 1. The van der Waals surface area contributed by atoms with Gasteiger partial charge in [0.05, 0.1) is 34.6 Å². The van der Waals surface area contributed by atoms with Crippen LogP contribution in [0.15, 0.2) is 72.8 Å². The van der Waals surface area contributed by atoms with Gasteiger partial charge in [-0.25, -0.2) is 14.4 Å². The second-order valence-corrected chi connectivity index (χ2v) is 8.65. The lowest BCUT2D eigenvalue weighted by Crippen LogP contribution is -2.49. The zero-order valence-electron chi connectivity index (χ0n) is 17.8. The highest BCUT2D eigenvalue weighted by Crippen LogP contribution is 2.65. The van der Waals surface area contributed by atoms with E-state index in [9.17, 15) is 14.9 Å². The molecule has 33 heavy (non-hydrogen) atoms. The molecule has 0 amide bonds. The number of hydrogen-bond donors (Lipinski definition) is 0. The molecule has 0 bridgehead atoms. The summed E-state index contributed by atoms with van der Waals surface area (Å²) in [6.45, 7) is 0.324. The molecule has 5 nitrogen and oxygen atoms in total. The number of likely N-dealkylation sites (N-methyl/N-ethyl adjacent to an activating group) is 1. The summed E-state index contributed by atoms with van der Waals surface area (Å²) >= 11 is 0. The standard InChI is InChI=1S/C27H18FN5/c1-33-14-20(17-8-3-5-11-21(17)28)26(15-29,16-30)27(33)19-10-4-2-9-18(19)24-25(27)32-23-13-7-6-12-22(23)31-24/h2-13,20H,14H2,1H3/t20-,27-/m1/s1. The van der Waals surface area contributed by atoms with Gasteiger partial charge < -0.3 is 0 Å². The van der Waals surface area contributed by atoms with Crippen LogP contribution in [0.5, 0.6) is 0 Å². The second kappa shape index (κ2) is 6.68. The average molecular weight is 431 g/mol. The molecule has 1 aliphatic heterocycles. The van der Waals surface area contributed by atoms with Crippen LogP contribution in [0.3, 0.4) is 0 Å².